The van der Waals surface area contributed by atoms with Gasteiger partial charge < -0.3 is 15.7 Å². The van der Waals surface area contributed by atoms with Gasteiger partial charge in [0, 0.05) is 34.1 Å². The Hall–Kier alpha value is -3.66. The average molecular weight is 466 g/mol. The van der Waals surface area contributed by atoms with E-state index in [4.69, 9.17) is 21.5 Å². The summed E-state index contributed by atoms with van der Waals surface area (Å²) in [7, 11) is 0. The number of carbonyl (C=O) groups excluding carboxylic acids is 2. The monoisotopic (exact) mass is 465 g/mol. The molecule has 0 aliphatic carbocycles. The summed E-state index contributed by atoms with van der Waals surface area (Å²) in [6, 6.07) is 12.7. The van der Waals surface area contributed by atoms with Gasteiger partial charge in [-0.3, -0.25) is 14.6 Å². The van der Waals surface area contributed by atoms with Crippen molar-refractivity contribution >= 4 is 45.8 Å². The molecule has 2 amide bonds. The number of hydrogen-bond donors (Lipinski definition) is 3. The largest absolute Gasteiger partial charge is 0.490 e. The molecule has 32 heavy (non-hydrogen) atoms. The fraction of sp³-hybridized carbons (Fsp3) is 0.143. The number of aromatic nitrogens is 1. The molecule has 0 bridgehead atoms. The molecular weight excluding hydrogens is 451 g/mol. The number of pyridine rings is 1. The Morgan fingerprint density at radius 1 is 1.16 bits per heavy atom. The normalized spacial score (nSPS) is 15.1. The number of benzene rings is 2. The number of nitrogens with zero attached hydrogens (tertiary/aromatic N) is 1. The van der Waals surface area contributed by atoms with Crippen molar-refractivity contribution in [2.24, 2.45) is 0 Å². The number of fused-ring (bicyclic) bond motifs is 2. The number of halogens is 4. The molecule has 0 spiro atoms. The van der Waals surface area contributed by atoms with Crippen molar-refractivity contribution in [2.75, 3.05) is 11.9 Å². The predicted octanol–water partition coefficient (Wildman–Crippen LogP) is 3.99. The summed E-state index contributed by atoms with van der Waals surface area (Å²) in [5, 5.41) is 15.2. The van der Waals surface area contributed by atoms with Crippen LogP contribution in [0.1, 0.15) is 21.8 Å². The summed E-state index contributed by atoms with van der Waals surface area (Å²) < 4.78 is 31.7. The Morgan fingerprint density at radius 2 is 1.84 bits per heavy atom. The van der Waals surface area contributed by atoms with Gasteiger partial charge in [0.2, 0.25) is 5.91 Å². The van der Waals surface area contributed by atoms with E-state index in [0.29, 0.717) is 21.8 Å². The van der Waals surface area contributed by atoms with E-state index >= 15 is 0 Å². The van der Waals surface area contributed by atoms with E-state index in [1.54, 1.807) is 30.6 Å². The van der Waals surface area contributed by atoms with Crippen LogP contribution in [0.5, 0.6) is 0 Å². The van der Waals surface area contributed by atoms with Crippen LogP contribution >= 0.6 is 11.6 Å². The van der Waals surface area contributed by atoms with E-state index in [0.717, 1.165) is 10.8 Å². The third kappa shape index (κ3) is 5.14. The number of carboxylic acids is 1. The van der Waals surface area contributed by atoms with Crippen molar-refractivity contribution in [2.45, 2.75) is 12.1 Å². The van der Waals surface area contributed by atoms with E-state index < -0.39 is 18.1 Å². The first-order valence-electron chi connectivity index (χ1n) is 9.09. The van der Waals surface area contributed by atoms with Crippen LogP contribution in [0.4, 0.5) is 18.9 Å². The number of alkyl halides is 3. The summed E-state index contributed by atoms with van der Waals surface area (Å²) in [6.07, 6.45) is -1.71. The number of carboxylic acid groups (broad SMARTS) is 1. The lowest BCUT2D eigenvalue weighted by atomic mass is 9.89. The second-order valence-electron chi connectivity index (χ2n) is 6.69. The minimum atomic E-state index is -5.08. The lowest BCUT2D eigenvalue weighted by molar-refractivity contribution is -0.192. The van der Waals surface area contributed by atoms with Crippen LogP contribution in [0, 0.1) is 0 Å². The van der Waals surface area contributed by atoms with E-state index in [2.05, 4.69) is 15.6 Å². The van der Waals surface area contributed by atoms with Gasteiger partial charge in [0.25, 0.3) is 5.91 Å². The van der Waals surface area contributed by atoms with Crippen molar-refractivity contribution in [1.82, 2.24) is 10.3 Å². The van der Waals surface area contributed by atoms with E-state index in [1.807, 2.05) is 24.3 Å². The molecule has 0 radical (unpaired) electrons. The number of nitrogens with one attached hydrogen (secondary N) is 2. The zero-order valence-corrected chi connectivity index (χ0v) is 16.9. The van der Waals surface area contributed by atoms with Crippen molar-refractivity contribution in [3.8, 4) is 0 Å². The van der Waals surface area contributed by atoms with Gasteiger partial charge in [-0.25, -0.2) is 4.79 Å². The van der Waals surface area contributed by atoms with Crippen LogP contribution in [-0.4, -0.2) is 40.6 Å². The highest BCUT2D eigenvalue weighted by atomic mass is 35.5. The van der Waals surface area contributed by atoms with Gasteiger partial charge in [0.15, 0.2) is 0 Å². The number of hydrogen-bond acceptors (Lipinski definition) is 4. The number of rotatable bonds is 2. The van der Waals surface area contributed by atoms with Gasteiger partial charge in [0.1, 0.15) is 0 Å². The number of amides is 2. The number of aliphatic carboxylic acids is 1. The molecule has 1 aliphatic rings. The molecule has 1 atom stereocenters. The molecule has 3 N–H and O–H groups in total. The van der Waals surface area contributed by atoms with Crippen LogP contribution < -0.4 is 10.6 Å². The third-order valence-corrected chi connectivity index (χ3v) is 4.82. The smallest absolute Gasteiger partial charge is 0.475 e. The molecular formula is C21H15ClF3N3O4. The van der Waals surface area contributed by atoms with Gasteiger partial charge in [-0.2, -0.15) is 13.2 Å². The van der Waals surface area contributed by atoms with Crippen molar-refractivity contribution in [1.29, 1.82) is 0 Å². The Kier molecular flexibility index (Phi) is 6.64. The summed E-state index contributed by atoms with van der Waals surface area (Å²) in [4.78, 5) is 37.9. The first-order valence-corrected chi connectivity index (χ1v) is 9.47. The van der Waals surface area contributed by atoms with Crippen molar-refractivity contribution in [3.63, 3.8) is 0 Å². The molecule has 0 saturated carbocycles. The van der Waals surface area contributed by atoms with Gasteiger partial charge in [-0.05, 0) is 23.8 Å². The van der Waals surface area contributed by atoms with E-state index in [1.165, 1.54) is 0 Å². The third-order valence-electron chi connectivity index (χ3n) is 4.59. The molecule has 3 aromatic rings. The van der Waals surface area contributed by atoms with Crippen molar-refractivity contribution in [3.05, 3.63) is 71.0 Å². The first-order chi connectivity index (χ1) is 15.1. The number of anilines is 1. The highest BCUT2D eigenvalue weighted by Crippen LogP contribution is 2.29. The minimum Gasteiger partial charge on any atom is -0.475 e. The molecule has 1 aromatic heterocycles. The van der Waals surface area contributed by atoms with Gasteiger partial charge in [-0.15, -0.1) is 0 Å². The van der Waals surface area contributed by atoms with E-state index in [9.17, 15) is 22.8 Å². The molecule has 1 aliphatic heterocycles. The van der Waals surface area contributed by atoms with Crippen LogP contribution in [-0.2, 0) is 9.59 Å². The zero-order valence-electron chi connectivity index (χ0n) is 16.1. The highest BCUT2D eigenvalue weighted by molar-refractivity contribution is 6.30. The maximum Gasteiger partial charge on any atom is 0.490 e. The second kappa shape index (κ2) is 9.23. The first kappa shape index (κ1) is 23.0. The van der Waals surface area contributed by atoms with Crippen LogP contribution in [0.25, 0.3) is 10.8 Å². The Morgan fingerprint density at radius 3 is 2.53 bits per heavy atom. The average Bonchev–Trinajstić information content (AvgIpc) is 2.74. The SMILES string of the molecule is O=C(O)C(F)(F)F.O=C1NC[C@H](C(=O)Nc2cncc3ccccc23)c2cc(Cl)ccc21. The predicted molar refractivity (Wildman–Crippen MR) is 111 cm³/mol. The molecule has 0 saturated heterocycles. The molecule has 2 aromatic carbocycles. The lowest BCUT2D eigenvalue weighted by Gasteiger charge is -2.25. The molecule has 0 unspecified atom stereocenters. The zero-order chi connectivity index (χ0) is 23.5. The van der Waals surface area contributed by atoms with E-state index in [-0.39, 0.29) is 18.4 Å². The topological polar surface area (TPSA) is 108 Å². The second-order valence-corrected chi connectivity index (χ2v) is 7.13. The fourth-order valence-corrected chi connectivity index (χ4v) is 3.28. The maximum atomic E-state index is 12.9. The van der Waals surface area contributed by atoms with Gasteiger partial charge in [0.05, 0.1) is 17.8 Å². The lowest BCUT2D eigenvalue weighted by Crippen LogP contribution is -2.40. The summed E-state index contributed by atoms with van der Waals surface area (Å²) in [5.41, 5.74) is 1.76. The van der Waals surface area contributed by atoms with Crippen LogP contribution in [0.3, 0.4) is 0 Å². The molecule has 2 heterocycles. The Bertz CT molecular complexity index is 1200. The molecule has 0 fully saturated rings. The van der Waals surface area contributed by atoms with Crippen LogP contribution in [0.2, 0.25) is 5.02 Å². The molecule has 166 valence electrons. The molecule has 7 nitrogen and oxygen atoms in total. The minimum absolute atomic E-state index is 0.192. The fourth-order valence-electron chi connectivity index (χ4n) is 3.10. The quantitative estimate of drug-likeness (QED) is 0.530. The summed E-state index contributed by atoms with van der Waals surface area (Å²) >= 11 is 6.06. The standard InChI is InChI=1S/C19H14ClN3O2.C2HF3O2/c20-12-5-6-14-15(7-12)16(9-22-18(14)24)19(25)23-17-10-21-8-11-3-1-2-4-13(11)17;3-2(4,5)1(6)7/h1-8,10,16H,9H2,(H,22,24)(H,23,25);(H,6,7)/t16-;/m0./s1. The molecule has 11 heteroatoms. The van der Waals surface area contributed by atoms with Gasteiger partial charge in [-0.1, -0.05) is 35.9 Å². The highest BCUT2D eigenvalue weighted by Gasteiger charge is 2.38. The summed E-state index contributed by atoms with van der Waals surface area (Å²) in [5.74, 6) is -3.66. The Balaban J connectivity index is 0.000000360. The van der Waals surface area contributed by atoms with Crippen LogP contribution in [0.15, 0.2) is 54.9 Å². The van der Waals surface area contributed by atoms with Gasteiger partial charge >= 0.3 is 12.1 Å². The Labute approximate surface area is 184 Å². The molecule has 4 rings (SSSR count). The van der Waals surface area contributed by atoms with Crippen molar-refractivity contribution < 1.29 is 32.7 Å². The number of carbonyl (C=O) groups is 3. The maximum absolute atomic E-state index is 12.9. The summed E-state index contributed by atoms with van der Waals surface area (Å²) in [6.45, 7) is 0.232.